The molecule has 0 spiro atoms. The Labute approximate surface area is 79.3 Å². The van der Waals surface area contributed by atoms with Gasteiger partial charge in [-0.15, -0.1) is 11.3 Å². The molecule has 0 amide bonds. The van der Waals surface area contributed by atoms with Gasteiger partial charge in [-0.2, -0.15) is 0 Å². The highest BCUT2D eigenvalue weighted by molar-refractivity contribution is 7.13. The third-order valence-electron chi connectivity index (χ3n) is 1.25. The van der Waals surface area contributed by atoms with Crippen molar-refractivity contribution in [3.8, 4) is 0 Å². The van der Waals surface area contributed by atoms with E-state index in [1.807, 2.05) is 0 Å². The van der Waals surface area contributed by atoms with E-state index >= 15 is 0 Å². The number of esters is 1. The number of rotatable bonds is 2. The first kappa shape index (κ1) is 9.48. The first-order valence-corrected chi connectivity index (χ1v) is 4.63. The van der Waals surface area contributed by atoms with Gasteiger partial charge in [0.25, 0.3) is 0 Å². The van der Waals surface area contributed by atoms with E-state index in [2.05, 4.69) is 4.98 Å². The van der Waals surface area contributed by atoms with E-state index in [0.29, 0.717) is 10.2 Å². The summed E-state index contributed by atoms with van der Waals surface area (Å²) in [6.07, 6.45) is -0.314. The van der Waals surface area contributed by atoms with E-state index in [0.717, 1.165) is 0 Å². The fourth-order valence-electron chi connectivity index (χ4n) is 0.759. The number of hydrogen-bond acceptors (Lipinski definition) is 4. The van der Waals surface area contributed by atoms with Crippen LogP contribution in [-0.2, 0) is 9.53 Å². The smallest absolute Gasteiger partial charge is 0.303 e. The largest absolute Gasteiger partial charge is 0.456 e. The summed E-state index contributed by atoms with van der Waals surface area (Å²) in [6.45, 7) is 3.12. The Morgan fingerprint density at radius 2 is 2.50 bits per heavy atom. The maximum Gasteiger partial charge on any atom is 0.303 e. The van der Waals surface area contributed by atoms with Crippen LogP contribution in [0.3, 0.4) is 0 Å². The van der Waals surface area contributed by atoms with Crippen LogP contribution in [0.2, 0.25) is 4.47 Å². The molecule has 0 N–H and O–H groups in total. The van der Waals surface area contributed by atoms with E-state index in [1.54, 1.807) is 12.3 Å². The van der Waals surface area contributed by atoms with E-state index in [-0.39, 0.29) is 12.1 Å². The lowest BCUT2D eigenvalue weighted by Crippen LogP contribution is -2.04. The van der Waals surface area contributed by atoms with Gasteiger partial charge in [-0.1, -0.05) is 11.6 Å². The fourth-order valence-corrected chi connectivity index (χ4v) is 1.61. The van der Waals surface area contributed by atoms with Gasteiger partial charge >= 0.3 is 5.97 Å². The Hall–Kier alpha value is -0.610. The first-order chi connectivity index (χ1) is 5.59. The molecule has 66 valence electrons. The Balaban J connectivity index is 2.64. The molecule has 0 aromatic carbocycles. The van der Waals surface area contributed by atoms with Crippen molar-refractivity contribution >= 4 is 28.9 Å². The van der Waals surface area contributed by atoms with Gasteiger partial charge in [-0.05, 0) is 6.92 Å². The van der Waals surface area contributed by atoms with Crippen molar-refractivity contribution in [2.75, 3.05) is 0 Å². The zero-order chi connectivity index (χ0) is 9.14. The molecule has 1 aromatic heterocycles. The van der Waals surface area contributed by atoms with Gasteiger partial charge in [0, 0.05) is 12.3 Å². The van der Waals surface area contributed by atoms with E-state index in [9.17, 15) is 4.79 Å². The van der Waals surface area contributed by atoms with Gasteiger partial charge in [0.15, 0.2) is 4.47 Å². The highest BCUT2D eigenvalue weighted by atomic mass is 35.5. The molecule has 1 heterocycles. The highest BCUT2D eigenvalue weighted by Gasteiger charge is 2.11. The Morgan fingerprint density at radius 3 is 2.92 bits per heavy atom. The lowest BCUT2D eigenvalue weighted by atomic mass is 10.3. The zero-order valence-electron chi connectivity index (χ0n) is 6.70. The van der Waals surface area contributed by atoms with Crippen LogP contribution in [0.1, 0.15) is 25.6 Å². The molecule has 12 heavy (non-hydrogen) atoms. The van der Waals surface area contributed by atoms with Gasteiger partial charge in [-0.25, -0.2) is 4.98 Å². The summed E-state index contributed by atoms with van der Waals surface area (Å²) < 4.78 is 5.36. The number of nitrogens with zero attached hydrogens (tertiary/aromatic N) is 1. The number of halogens is 1. The van der Waals surface area contributed by atoms with Crippen LogP contribution in [0.4, 0.5) is 0 Å². The second kappa shape index (κ2) is 3.87. The Morgan fingerprint density at radius 1 is 1.83 bits per heavy atom. The topological polar surface area (TPSA) is 39.2 Å². The zero-order valence-corrected chi connectivity index (χ0v) is 8.28. The molecule has 0 radical (unpaired) electrons. The molecule has 0 saturated carbocycles. The van der Waals surface area contributed by atoms with Gasteiger partial charge in [-0.3, -0.25) is 4.79 Å². The Bertz CT molecular complexity index is 287. The average molecular weight is 206 g/mol. The summed E-state index contributed by atoms with van der Waals surface area (Å²) in [7, 11) is 0. The molecule has 0 bridgehead atoms. The lowest BCUT2D eigenvalue weighted by molar-refractivity contribution is -0.145. The predicted molar refractivity (Wildman–Crippen MR) is 47.3 cm³/mol. The molecule has 0 saturated heterocycles. The minimum atomic E-state index is -0.314. The maximum absolute atomic E-state index is 10.6. The number of aromatic nitrogens is 1. The van der Waals surface area contributed by atoms with Crippen LogP contribution in [0.5, 0.6) is 0 Å². The van der Waals surface area contributed by atoms with Crippen molar-refractivity contribution in [2.24, 2.45) is 0 Å². The van der Waals surface area contributed by atoms with Crippen LogP contribution in [-0.4, -0.2) is 11.0 Å². The van der Waals surface area contributed by atoms with Crippen LogP contribution in [0.15, 0.2) is 5.38 Å². The summed E-state index contributed by atoms with van der Waals surface area (Å²) in [5, 5.41) is 1.77. The average Bonchev–Trinajstić information content (AvgIpc) is 2.34. The summed E-state index contributed by atoms with van der Waals surface area (Å²) in [4.78, 5) is 14.5. The van der Waals surface area contributed by atoms with E-state index in [4.69, 9.17) is 16.3 Å². The van der Waals surface area contributed by atoms with Crippen molar-refractivity contribution < 1.29 is 9.53 Å². The number of ether oxygens (including phenoxy) is 1. The molecule has 5 heteroatoms. The maximum atomic E-state index is 10.6. The number of hydrogen-bond donors (Lipinski definition) is 0. The minimum Gasteiger partial charge on any atom is -0.456 e. The molecule has 1 unspecified atom stereocenters. The molecule has 0 aliphatic rings. The number of carbonyl (C=O) groups excluding carboxylic acids is 1. The van der Waals surface area contributed by atoms with Crippen molar-refractivity contribution in [2.45, 2.75) is 20.0 Å². The quantitative estimate of drug-likeness (QED) is 0.697. The van der Waals surface area contributed by atoms with Crippen LogP contribution in [0.25, 0.3) is 0 Å². The van der Waals surface area contributed by atoms with Crippen molar-refractivity contribution in [3.63, 3.8) is 0 Å². The van der Waals surface area contributed by atoms with Crippen LogP contribution in [0, 0.1) is 0 Å². The summed E-state index contributed by atoms with van der Waals surface area (Å²) in [5.41, 5.74) is 0.695. The van der Waals surface area contributed by atoms with E-state index in [1.165, 1.54) is 18.3 Å². The monoisotopic (exact) mass is 205 g/mol. The van der Waals surface area contributed by atoms with Crippen LogP contribution >= 0.6 is 22.9 Å². The second-order valence-corrected chi connectivity index (χ2v) is 3.72. The summed E-state index contributed by atoms with van der Waals surface area (Å²) >= 11 is 6.93. The molecule has 1 aromatic rings. The predicted octanol–water partition coefficient (Wildman–Crippen LogP) is 2.42. The molecule has 1 rings (SSSR count). The minimum absolute atomic E-state index is 0.313. The summed E-state index contributed by atoms with van der Waals surface area (Å²) in [5.74, 6) is -0.313. The van der Waals surface area contributed by atoms with Crippen molar-refractivity contribution in [3.05, 3.63) is 15.5 Å². The molecule has 0 fully saturated rings. The molecule has 3 nitrogen and oxygen atoms in total. The molecular formula is C7H8ClNO2S. The second-order valence-electron chi connectivity index (χ2n) is 2.28. The third-order valence-corrected chi connectivity index (χ3v) is 2.25. The van der Waals surface area contributed by atoms with Crippen molar-refractivity contribution in [1.82, 2.24) is 4.98 Å². The number of carbonyl (C=O) groups is 1. The highest BCUT2D eigenvalue weighted by Crippen LogP contribution is 2.22. The SMILES string of the molecule is CC(=O)OC(C)c1csc(Cl)n1. The Kier molecular flexibility index (Phi) is 3.05. The normalized spacial score (nSPS) is 12.6. The third kappa shape index (κ3) is 2.46. The molecule has 0 aliphatic heterocycles. The lowest BCUT2D eigenvalue weighted by Gasteiger charge is -2.07. The van der Waals surface area contributed by atoms with E-state index < -0.39 is 0 Å². The summed E-state index contributed by atoms with van der Waals surface area (Å²) in [6, 6.07) is 0. The molecule has 1 atom stereocenters. The van der Waals surface area contributed by atoms with Gasteiger partial charge in [0.2, 0.25) is 0 Å². The van der Waals surface area contributed by atoms with Gasteiger partial charge in [0.1, 0.15) is 6.10 Å². The number of thiazole rings is 1. The van der Waals surface area contributed by atoms with Crippen LogP contribution < -0.4 is 0 Å². The molecule has 0 aliphatic carbocycles. The molecular weight excluding hydrogens is 198 g/mol. The van der Waals surface area contributed by atoms with Gasteiger partial charge < -0.3 is 4.74 Å². The van der Waals surface area contributed by atoms with Gasteiger partial charge in [0.05, 0.1) is 5.69 Å². The standard InChI is InChI=1S/C7H8ClNO2S/c1-4(11-5(2)10)6-3-12-7(8)9-6/h3-4H,1-2H3. The van der Waals surface area contributed by atoms with Crippen molar-refractivity contribution in [1.29, 1.82) is 0 Å². The fraction of sp³-hybridized carbons (Fsp3) is 0.429. The first-order valence-electron chi connectivity index (χ1n) is 3.37.